The third-order valence-electron chi connectivity index (χ3n) is 3.21. The number of benzene rings is 1. The van der Waals surface area contributed by atoms with Crippen LogP contribution in [0, 0.1) is 5.92 Å². The van der Waals surface area contributed by atoms with E-state index in [1.807, 2.05) is 0 Å². The van der Waals surface area contributed by atoms with Crippen LogP contribution >= 0.6 is 0 Å². The molecule has 1 aliphatic heterocycles. The Hall–Kier alpha value is -1.02. The van der Waals surface area contributed by atoms with Crippen molar-refractivity contribution in [3.05, 3.63) is 29.8 Å². The van der Waals surface area contributed by atoms with Crippen molar-refractivity contribution in [1.82, 2.24) is 0 Å². The van der Waals surface area contributed by atoms with E-state index < -0.39 is 0 Å². The smallest absolute Gasteiger partial charge is 0.0400 e. The van der Waals surface area contributed by atoms with E-state index in [9.17, 15) is 0 Å². The lowest BCUT2D eigenvalue weighted by Gasteiger charge is -2.24. The molecule has 0 radical (unpaired) electrons. The average molecular weight is 218 g/mol. The Morgan fingerprint density at radius 1 is 1.31 bits per heavy atom. The lowest BCUT2D eigenvalue weighted by Crippen LogP contribution is -2.37. The molecule has 0 bridgehead atoms. The molecule has 1 atom stereocenters. The highest BCUT2D eigenvalue weighted by Gasteiger charge is 2.20. The van der Waals surface area contributed by atoms with Gasteiger partial charge in [-0.25, -0.2) is 0 Å². The second kappa shape index (κ2) is 4.88. The van der Waals surface area contributed by atoms with Crippen LogP contribution in [-0.4, -0.2) is 19.1 Å². The van der Waals surface area contributed by atoms with Crippen LogP contribution in [0.3, 0.4) is 0 Å². The number of para-hydroxylation sites is 1. The number of rotatable bonds is 4. The van der Waals surface area contributed by atoms with Crippen molar-refractivity contribution in [3.63, 3.8) is 0 Å². The Balaban J connectivity index is 1.98. The normalized spacial score (nSPS) is 16.6. The molecule has 2 N–H and O–H groups in total. The maximum atomic E-state index is 6.17. The molecule has 0 amide bonds. The fourth-order valence-corrected chi connectivity index (χ4v) is 2.56. The van der Waals surface area contributed by atoms with Crippen molar-refractivity contribution in [3.8, 4) is 0 Å². The molecule has 1 aliphatic rings. The Kier molecular flexibility index (Phi) is 3.49. The molecular weight excluding hydrogens is 196 g/mol. The molecular formula is C14H22N2. The molecule has 0 aromatic heterocycles. The molecule has 0 aliphatic carbocycles. The van der Waals surface area contributed by atoms with Gasteiger partial charge in [0.05, 0.1) is 0 Å². The average Bonchev–Trinajstić information content (AvgIpc) is 2.61. The number of fused-ring (bicyclic) bond motifs is 1. The van der Waals surface area contributed by atoms with E-state index >= 15 is 0 Å². The number of anilines is 1. The summed E-state index contributed by atoms with van der Waals surface area (Å²) in [7, 11) is 0. The summed E-state index contributed by atoms with van der Waals surface area (Å²) in [5.74, 6) is 0.688. The minimum Gasteiger partial charge on any atom is -0.369 e. The Labute approximate surface area is 98.4 Å². The molecule has 0 saturated heterocycles. The van der Waals surface area contributed by atoms with Crippen molar-refractivity contribution < 1.29 is 0 Å². The molecule has 2 heteroatoms. The zero-order chi connectivity index (χ0) is 11.5. The van der Waals surface area contributed by atoms with Crippen LogP contribution in [0.25, 0.3) is 0 Å². The summed E-state index contributed by atoms with van der Waals surface area (Å²) >= 11 is 0. The van der Waals surface area contributed by atoms with Crippen LogP contribution < -0.4 is 10.6 Å². The van der Waals surface area contributed by atoms with Gasteiger partial charge in [0, 0.05) is 24.8 Å². The molecule has 1 aromatic rings. The molecule has 0 unspecified atom stereocenters. The van der Waals surface area contributed by atoms with E-state index in [0.29, 0.717) is 12.0 Å². The first kappa shape index (κ1) is 11.5. The first-order chi connectivity index (χ1) is 7.66. The van der Waals surface area contributed by atoms with Gasteiger partial charge >= 0.3 is 0 Å². The first-order valence-corrected chi connectivity index (χ1v) is 6.25. The summed E-state index contributed by atoms with van der Waals surface area (Å²) in [5.41, 5.74) is 9.03. The van der Waals surface area contributed by atoms with Gasteiger partial charge in [-0.15, -0.1) is 0 Å². The van der Waals surface area contributed by atoms with E-state index in [0.717, 1.165) is 19.5 Å². The van der Waals surface area contributed by atoms with Crippen molar-refractivity contribution in [2.75, 3.05) is 18.0 Å². The van der Waals surface area contributed by atoms with Crippen LogP contribution in [0.5, 0.6) is 0 Å². The summed E-state index contributed by atoms with van der Waals surface area (Å²) < 4.78 is 0. The Morgan fingerprint density at radius 2 is 2.06 bits per heavy atom. The lowest BCUT2D eigenvalue weighted by molar-refractivity contribution is 0.491. The van der Waals surface area contributed by atoms with Gasteiger partial charge in [0.2, 0.25) is 0 Å². The topological polar surface area (TPSA) is 29.3 Å². The van der Waals surface area contributed by atoms with E-state index in [1.54, 1.807) is 0 Å². The van der Waals surface area contributed by atoms with Gasteiger partial charge in [-0.1, -0.05) is 32.0 Å². The Morgan fingerprint density at radius 3 is 2.81 bits per heavy atom. The van der Waals surface area contributed by atoms with E-state index in [2.05, 4.69) is 43.0 Å². The molecule has 1 heterocycles. The second-order valence-corrected chi connectivity index (χ2v) is 5.21. The standard InChI is InChI=1S/C14H22N2/c1-11(2)9-13(15)10-16-8-7-12-5-3-4-6-14(12)16/h3-6,11,13H,7-10,15H2,1-2H3/t13-/m0/s1. The number of hydrogen-bond donors (Lipinski definition) is 1. The van der Waals surface area contributed by atoms with Crippen LogP contribution in [0.15, 0.2) is 24.3 Å². The molecule has 0 saturated carbocycles. The van der Waals surface area contributed by atoms with Gasteiger partial charge in [-0.05, 0) is 30.4 Å². The van der Waals surface area contributed by atoms with Crippen LogP contribution in [0.4, 0.5) is 5.69 Å². The minimum absolute atomic E-state index is 0.297. The minimum atomic E-state index is 0.297. The van der Waals surface area contributed by atoms with E-state index in [1.165, 1.54) is 17.7 Å². The zero-order valence-corrected chi connectivity index (χ0v) is 10.3. The maximum Gasteiger partial charge on any atom is 0.0400 e. The van der Waals surface area contributed by atoms with Gasteiger partial charge in [0.25, 0.3) is 0 Å². The predicted octanol–water partition coefficient (Wildman–Crippen LogP) is 2.42. The zero-order valence-electron chi connectivity index (χ0n) is 10.3. The monoisotopic (exact) mass is 218 g/mol. The highest BCUT2D eigenvalue weighted by molar-refractivity contribution is 5.57. The third-order valence-corrected chi connectivity index (χ3v) is 3.21. The number of nitrogens with two attached hydrogens (primary N) is 1. The SMILES string of the molecule is CC(C)C[C@H](N)CN1CCc2ccccc21. The summed E-state index contributed by atoms with van der Waals surface area (Å²) in [5, 5.41) is 0. The molecule has 0 spiro atoms. The summed E-state index contributed by atoms with van der Waals surface area (Å²) in [6, 6.07) is 8.97. The van der Waals surface area contributed by atoms with Crippen LogP contribution in [0.2, 0.25) is 0 Å². The molecule has 2 rings (SSSR count). The van der Waals surface area contributed by atoms with Crippen LogP contribution in [0.1, 0.15) is 25.8 Å². The van der Waals surface area contributed by atoms with Crippen molar-refractivity contribution in [1.29, 1.82) is 0 Å². The summed E-state index contributed by atoms with van der Waals surface area (Å²) in [4.78, 5) is 2.43. The highest BCUT2D eigenvalue weighted by atomic mass is 15.2. The summed E-state index contributed by atoms with van der Waals surface area (Å²) in [6.45, 7) is 6.59. The number of nitrogens with zero attached hydrogens (tertiary/aromatic N) is 1. The largest absolute Gasteiger partial charge is 0.369 e. The molecule has 1 aromatic carbocycles. The van der Waals surface area contributed by atoms with E-state index in [4.69, 9.17) is 5.73 Å². The van der Waals surface area contributed by atoms with Crippen LogP contribution in [-0.2, 0) is 6.42 Å². The van der Waals surface area contributed by atoms with Gasteiger partial charge in [-0.3, -0.25) is 0 Å². The van der Waals surface area contributed by atoms with Crippen molar-refractivity contribution in [2.24, 2.45) is 11.7 Å². The molecule has 16 heavy (non-hydrogen) atoms. The lowest BCUT2D eigenvalue weighted by atomic mass is 10.0. The van der Waals surface area contributed by atoms with Gasteiger partial charge in [0.1, 0.15) is 0 Å². The summed E-state index contributed by atoms with van der Waals surface area (Å²) in [6.07, 6.45) is 2.28. The van der Waals surface area contributed by atoms with Gasteiger partial charge in [0.15, 0.2) is 0 Å². The fourth-order valence-electron chi connectivity index (χ4n) is 2.56. The van der Waals surface area contributed by atoms with Gasteiger partial charge < -0.3 is 10.6 Å². The molecule has 2 nitrogen and oxygen atoms in total. The number of hydrogen-bond acceptors (Lipinski definition) is 2. The van der Waals surface area contributed by atoms with E-state index in [-0.39, 0.29) is 0 Å². The van der Waals surface area contributed by atoms with Crippen molar-refractivity contribution in [2.45, 2.75) is 32.7 Å². The maximum absolute atomic E-state index is 6.17. The predicted molar refractivity (Wildman–Crippen MR) is 69.8 cm³/mol. The Bertz CT molecular complexity index is 346. The fraction of sp³-hybridized carbons (Fsp3) is 0.571. The second-order valence-electron chi connectivity index (χ2n) is 5.21. The third kappa shape index (κ3) is 2.56. The van der Waals surface area contributed by atoms with Crippen molar-refractivity contribution >= 4 is 5.69 Å². The quantitative estimate of drug-likeness (QED) is 0.841. The first-order valence-electron chi connectivity index (χ1n) is 6.25. The highest BCUT2D eigenvalue weighted by Crippen LogP contribution is 2.27. The molecule has 88 valence electrons. The molecule has 0 fully saturated rings. The van der Waals surface area contributed by atoms with Gasteiger partial charge in [-0.2, -0.15) is 0 Å².